The Morgan fingerprint density at radius 2 is 1.73 bits per heavy atom. The molecular weight excluding hydrogens is 397 g/mol. The molecule has 0 radical (unpaired) electrons. The molecule has 5 rings (SSSR count). The van der Waals surface area contributed by atoms with Gasteiger partial charge in [0, 0.05) is 31.1 Å². The van der Waals surface area contributed by atoms with Crippen molar-refractivity contribution in [2.24, 2.45) is 0 Å². The van der Waals surface area contributed by atoms with Crippen molar-refractivity contribution in [3.05, 3.63) is 53.2 Å². The molecule has 7 nitrogen and oxygen atoms in total. The van der Waals surface area contributed by atoms with E-state index in [0.717, 1.165) is 36.6 Å². The molecule has 3 aromatic rings. The van der Waals surface area contributed by atoms with Crippen LogP contribution in [0.3, 0.4) is 0 Å². The summed E-state index contributed by atoms with van der Waals surface area (Å²) in [6.07, 6.45) is 0.178. The summed E-state index contributed by atoms with van der Waals surface area (Å²) >= 11 is 0. The van der Waals surface area contributed by atoms with Crippen molar-refractivity contribution in [3.63, 3.8) is 0 Å². The first kappa shape index (κ1) is 19.0. The maximum atomic E-state index is 12.7. The summed E-state index contributed by atoms with van der Waals surface area (Å²) in [4.78, 5) is 17.7. The first-order valence-electron chi connectivity index (χ1n) is 9.95. The first-order valence-corrected chi connectivity index (χ1v) is 9.95. The molecule has 4 heterocycles. The van der Waals surface area contributed by atoms with E-state index in [-0.39, 0.29) is 17.4 Å². The van der Waals surface area contributed by atoms with Crippen molar-refractivity contribution in [1.82, 2.24) is 29.7 Å². The Balaban J connectivity index is 1.28. The Morgan fingerprint density at radius 1 is 0.967 bits per heavy atom. The van der Waals surface area contributed by atoms with Crippen LogP contribution in [0, 0.1) is 0 Å². The Morgan fingerprint density at radius 3 is 2.37 bits per heavy atom. The number of alkyl halides is 3. The van der Waals surface area contributed by atoms with Crippen molar-refractivity contribution in [2.75, 3.05) is 13.1 Å². The molecule has 156 valence electrons. The first-order chi connectivity index (χ1) is 14.4. The summed E-state index contributed by atoms with van der Waals surface area (Å²) in [7, 11) is 0. The molecule has 0 unspecified atom stereocenters. The van der Waals surface area contributed by atoms with Crippen LogP contribution < -0.4 is 0 Å². The number of nitrogens with zero attached hydrogens (tertiary/aromatic N) is 6. The zero-order valence-electron chi connectivity index (χ0n) is 16.0. The summed E-state index contributed by atoms with van der Waals surface area (Å²) in [5, 5.41) is 13.3. The number of aromatic nitrogens is 5. The van der Waals surface area contributed by atoms with Crippen LogP contribution >= 0.6 is 0 Å². The molecule has 0 atom stereocenters. The smallest absolute Gasteiger partial charge is 0.339 e. The lowest BCUT2D eigenvalue weighted by molar-refractivity contribution is -0.141. The highest BCUT2D eigenvalue weighted by atomic mass is 19.4. The van der Waals surface area contributed by atoms with Crippen LogP contribution in [0.15, 0.2) is 30.5 Å². The highest BCUT2D eigenvalue weighted by Gasteiger charge is 2.33. The van der Waals surface area contributed by atoms with Crippen molar-refractivity contribution < 1.29 is 18.0 Å². The minimum atomic E-state index is -4.52. The fourth-order valence-electron chi connectivity index (χ4n) is 3.88. The van der Waals surface area contributed by atoms with Crippen molar-refractivity contribution in [2.45, 2.75) is 43.7 Å². The summed E-state index contributed by atoms with van der Waals surface area (Å²) in [5.74, 6) is 1.14. The second kappa shape index (κ2) is 7.03. The third-order valence-electron chi connectivity index (χ3n) is 5.75. The normalized spacial score (nSPS) is 18.2. The SMILES string of the molecule is O=C(c1ccc(C(F)(F)F)nc1)N1CCC(c2nnc3ccc(C4CC4)nn23)CC1. The quantitative estimate of drug-likeness (QED) is 0.654. The van der Waals surface area contributed by atoms with E-state index in [2.05, 4.69) is 15.2 Å². The molecule has 0 bridgehead atoms. The van der Waals surface area contributed by atoms with Crippen molar-refractivity contribution in [1.29, 1.82) is 0 Å². The van der Waals surface area contributed by atoms with Crippen LogP contribution in [0.25, 0.3) is 5.65 Å². The molecule has 1 amide bonds. The van der Waals surface area contributed by atoms with Gasteiger partial charge in [-0.3, -0.25) is 9.78 Å². The average molecular weight is 416 g/mol. The van der Waals surface area contributed by atoms with Crippen molar-refractivity contribution >= 4 is 11.6 Å². The van der Waals surface area contributed by atoms with Gasteiger partial charge in [-0.1, -0.05) is 0 Å². The van der Waals surface area contributed by atoms with Gasteiger partial charge in [-0.2, -0.15) is 22.8 Å². The molecule has 0 N–H and O–H groups in total. The number of rotatable bonds is 3. The highest BCUT2D eigenvalue weighted by molar-refractivity contribution is 5.94. The maximum absolute atomic E-state index is 12.7. The Hall–Kier alpha value is -3.04. The van der Waals surface area contributed by atoms with E-state index < -0.39 is 11.9 Å². The summed E-state index contributed by atoms with van der Waals surface area (Å²) in [5.41, 5.74) is 0.925. The fourth-order valence-corrected chi connectivity index (χ4v) is 3.88. The largest absolute Gasteiger partial charge is 0.433 e. The van der Waals surface area contributed by atoms with E-state index in [1.54, 1.807) is 4.90 Å². The molecule has 1 aliphatic carbocycles. The van der Waals surface area contributed by atoms with Gasteiger partial charge in [-0.25, -0.2) is 0 Å². The van der Waals surface area contributed by atoms with Crippen LogP contribution in [0.2, 0.25) is 0 Å². The molecule has 1 saturated carbocycles. The Kier molecular flexibility index (Phi) is 4.44. The third-order valence-corrected chi connectivity index (χ3v) is 5.75. The van der Waals surface area contributed by atoms with E-state index in [1.165, 1.54) is 6.07 Å². The molecule has 2 aliphatic rings. The fraction of sp³-hybridized carbons (Fsp3) is 0.450. The molecule has 1 saturated heterocycles. The van der Waals surface area contributed by atoms with Crippen LogP contribution in [-0.2, 0) is 6.18 Å². The standard InChI is InChI=1S/C20H19F3N6O/c21-20(22,23)16-5-3-14(11-24-16)19(30)28-9-7-13(8-10-28)18-26-25-17-6-4-15(12-1-2-12)27-29(17)18/h3-6,11-13H,1-2,7-10H2. The molecule has 10 heteroatoms. The number of piperidine rings is 1. The van der Waals surface area contributed by atoms with Crippen LogP contribution in [0.1, 0.15) is 65.1 Å². The highest BCUT2D eigenvalue weighted by Crippen LogP contribution is 2.39. The number of halogens is 3. The number of carbonyl (C=O) groups is 1. The lowest BCUT2D eigenvalue weighted by Gasteiger charge is -2.31. The Labute approximate surface area is 169 Å². The number of hydrogen-bond acceptors (Lipinski definition) is 5. The third kappa shape index (κ3) is 3.50. The zero-order chi connectivity index (χ0) is 20.9. The van der Waals surface area contributed by atoms with Gasteiger partial charge in [0.2, 0.25) is 0 Å². The van der Waals surface area contributed by atoms with E-state index in [1.807, 2.05) is 16.6 Å². The molecule has 3 aromatic heterocycles. The predicted molar refractivity (Wildman–Crippen MR) is 99.9 cm³/mol. The molecule has 30 heavy (non-hydrogen) atoms. The van der Waals surface area contributed by atoms with E-state index in [9.17, 15) is 18.0 Å². The monoisotopic (exact) mass is 416 g/mol. The molecule has 0 aromatic carbocycles. The molecular formula is C20H19F3N6O. The minimum Gasteiger partial charge on any atom is -0.339 e. The lowest BCUT2D eigenvalue weighted by atomic mass is 9.95. The second-order valence-electron chi connectivity index (χ2n) is 7.86. The van der Waals surface area contributed by atoms with Gasteiger partial charge >= 0.3 is 6.18 Å². The van der Waals surface area contributed by atoms with Gasteiger partial charge in [0.25, 0.3) is 5.91 Å². The van der Waals surface area contributed by atoms with Crippen LogP contribution in [0.4, 0.5) is 13.2 Å². The summed E-state index contributed by atoms with van der Waals surface area (Å²) in [6, 6.07) is 5.96. The topological polar surface area (TPSA) is 76.3 Å². The lowest BCUT2D eigenvalue weighted by Crippen LogP contribution is -2.38. The summed E-state index contributed by atoms with van der Waals surface area (Å²) < 4.78 is 39.8. The van der Waals surface area contributed by atoms with Gasteiger partial charge in [-0.05, 0) is 49.9 Å². The number of carbonyl (C=O) groups excluding carboxylic acids is 1. The summed E-state index contributed by atoms with van der Waals surface area (Å²) in [6.45, 7) is 0.976. The number of pyridine rings is 1. The molecule has 1 aliphatic heterocycles. The number of likely N-dealkylation sites (tertiary alicyclic amines) is 1. The number of fused-ring (bicyclic) bond motifs is 1. The minimum absolute atomic E-state index is 0.122. The number of hydrogen-bond donors (Lipinski definition) is 0. The van der Waals surface area contributed by atoms with Gasteiger partial charge in [0.1, 0.15) is 5.69 Å². The Bertz CT molecular complexity index is 1080. The molecule has 0 spiro atoms. The van der Waals surface area contributed by atoms with Crippen molar-refractivity contribution in [3.8, 4) is 0 Å². The number of amides is 1. The van der Waals surface area contributed by atoms with Gasteiger partial charge in [0.05, 0.1) is 11.3 Å². The van der Waals surface area contributed by atoms with Gasteiger partial charge < -0.3 is 4.90 Å². The average Bonchev–Trinajstić information content (AvgIpc) is 3.52. The zero-order valence-corrected chi connectivity index (χ0v) is 16.0. The molecule has 2 fully saturated rings. The van der Waals surface area contributed by atoms with Crippen LogP contribution in [0.5, 0.6) is 0 Å². The van der Waals surface area contributed by atoms with E-state index >= 15 is 0 Å². The van der Waals surface area contributed by atoms with E-state index in [0.29, 0.717) is 37.5 Å². The van der Waals surface area contributed by atoms with Gasteiger partial charge in [-0.15, -0.1) is 10.2 Å². The van der Waals surface area contributed by atoms with Crippen LogP contribution in [-0.4, -0.2) is 48.7 Å². The maximum Gasteiger partial charge on any atom is 0.433 e. The van der Waals surface area contributed by atoms with E-state index in [4.69, 9.17) is 5.10 Å². The predicted octanol–water partition coefficient (Wildman–Crippen LogP) is 3.44. The second-order valence-corrected chi connectivity index (χ2v) is 7.86. The van der Waals surface area contributed by atoms with Gasteiger partial charge in [0.15, 0.2) is 11.5 Å².